The van der Waals surface area contributed by atoms with Crippen molar-refractivity contribution in [1.82, 2.24) is 5.32 Å². The molecule has 0 unspecified atom stereocenters. The molecule has 0 aromatic heterocycles. The van der Waals surface area contributed by atoms with E-state index in [9.17, 15) is 5.11 Å². The van der Waals surface area contributed by atoms with E-state index in [1.807, 2.05) is 0 Å². The minimum absolute atomic E-state index is 0.0429. The Balaban J connectivity index is 1.90. The van der Waals surface area contributed by atoms with Gasteiger partial charge in [-0.2, -0.15) is 0 Å². The summed E-state index contributed by atoms with van der Waals surface area (Å²) in [6.07, 6.45) is 13.9. The molecule has 2 heteroatoms. The van der Waals surface area contributed by atoms with Crippen LogP contribution in [-0.2, 0) is 0 Å². The van der Waals surface area contributed by atoms with E-state index < -0.39 is 0 Å². The van der Waals surface area contributed by atoms with Gasteiger partial charge in [0.15, 0.2) is 0 Å². The molecule has 0 saturated heterocycles. The predicted molar refractivity (Wildman–Crippen MR) is 63.6 cm³/mol. The topological polar surface area (TPSA) is 32.3 Å². The third-order valence-corrected chi connectivity index (χ3v) is 3.13. The van der Waals surface area contributed by atoms with Gasteiger partial charge in [-0.3, -0.25) is 0 Å². The maximum Gasteiger partial charge on any atom is 0.0541 e. The summed E-state index contributed by atoms with van der Waals surface area (Å²) in [5.41, 5.74) is 0. The Bertz CT molecular complexity index is 189. The summed E-state index contributed by atoms with van der Waals surface area (Å²) in [5, 5.41) is 12.9. The Labute approximate surface area is 93.5 Å². The number of hydrogen-bond acceptors (Lipinski definition) is 2. The van der Waals surface area contributed by atoms with Gasteiger partial charge in [0.05, 0.1) is 6.10 Å². The number of aliphatic hydroxyl groups is 1. The molecule has 0 bridgehead atoms. The monoisotopic (exact) mass is 209 g/mol. The third-order valence-electron chi connectivity index (χ3n) is 3.13. The van der Waals surface area contributed by atoms with Crippen molar-refractivity contribution < 1.29 is 5.11 Å². The van der Waals surface area contributed by atoms with Gasteiger partial charge in [0.25, 0.3) is 0 Å². The largest absolute Gasteiger partial charge is 0.393 e. The fourth-order valence-electron chi connectivity index (χ4n) is 2.11. The van der Waals surface area contributed by atoms with Crippen LogP contribution < -0.4 is 5.32 Å². The first-order valence-corrected chi connectivity index (χ1v) is 6.18. The van der Waals surface area contributed by atoms with Crippen LogP contribution in [0.1, 0.15) is 51.4 Å². The number of aliphatic hydroxyl groups excluding tert-OH is 1. The van der Waals surface area contributed by atoms with Crippen LogP contribution in [0.25, 0.3) is 0 Å². The molecule has 1 rings (SSSR count). The highest BCUT2D eigenvalue weighted by Gasteiger charge is 2.18. The second-order valence-corrected chi connectivity index (χ2v) is 4.47. The number of terminal acetylenes is 1. The van der Waals surface area contributed by atoms with Gasteiger partial charge in [-0.05, 0) is 45.1 Å². The molecule has 0 aromatic rings. The van der Waals surface area contributed by atoms with Crippen LogP contribution in [0.15, 0.2) is 0 Å². The molecule has 0 amide bonds. The van der Waals surface area contributed by atoms with E-state index >= 15 is 0 Å². The minimum Gasteiger partial charge on any atom is -0.393 e. The molecule has 1 fully saturated rings. The molecule has 1 aliphatic rings. The maximum absolute atomic E-state index is 9.35. The Morgan fingerprint density at radius 1 is 1.13 bits per heavy atom. The molecule has 2 nitrogen and oxygen atoms in total. The van der Waals surface area contributed by atoms with Crippen LogP contribution in [0, 0.1) is 12.3 Å². The van der Waals surface area contributed by atoms with E-state index in [-0.39, 0.29) is 6.10 Å². The van der Waals surface area contributed by atoms with Gasteiger partial charge in [0.1, 0.15) is 0 Å². The van der Waals surface area contributed by atoms with Crippen molar-refractivity contribution >= 4 is 0 Å². The van der Waals surface area contributed by atoms with E-state index in [0.29, 0.717) is 6.04 Å². The lowest BCUT2D eigenvalue weighted by Crippen LogP contribution is -2.35. The highest BCUT2D eigenvalue weighted by atomic mass is 16.3. The SMILES string of the molecule is C#CCCCCCN[C@H]1CC[C@H](O)CC1. The highest BCUT2D eigenvalue weighted by Crippen LogP contribution is 2.18. The van der Waals surface area contributed by atoms with Crippen LogP contribution in [0.5, 0.6) is 0 Å². The van der Waals surface area contributed by atoms with Crippen molar-refractivity contribution in [3.05, 3.63) is 0 Å². The van der Waals surface area contributed by atoms with E-state index in [4.69, 9.17) is 6.42 Å². The van der Waals surface area contributed by atoms with Gasteiger partial charge in [0.2, 0.25) is 0 Å². The van der Waals surface area contributed by atoms with Crippen LogP contribution in [0.4, 0.5) is 0 Å². The summed E-state index contributed by atoms with van der Waals surface area (Å²) in [6.45, 7) is 1.10. The second-order valence-electron chi connectivity index (χ2n) is 4.47. The van der Waals surface area contributed by atoms with Gasteiger partial charge < -0.3 is 10.4 Å². The lowest BCUT2D eigenvalue weighted by atomic mass is 9.93. The van der Waals surface area contributed by atoms with Crippen molar-refractivity contribution in [3.63, 3.8) is 0 Å². The molecule has 2 N–H and O–H groups in total. The summed E-state index contributed by atoms with van der Waals surface area (Å²) in [5.74, 6) is 2.66. The number of unbranched alkanes of at least 4 members (excludes halogenated alkanes) is 3. The summed E-state index contributed by atoms with van der Waals surface area (Å²) in [6, 6.07) is 0.640. The van der Waals surface area contributed by atoms with Gasteiger partial charge in [-0.1, -0.05) is 6.42 Å². The Morgan fingerprint density at radius 2 is 1.87 bits per heavy atom. The van der Waals surface area contributed by atoms with Crippen molar-refractivity contribution in [1.29, 1.82) is 0 Å². The molecular weight excluding hydrogens is 186 g/mol. The van der Waals surface area contributed by atoms with E-state index in [1.54, 1.807) is 0 Å². The lowest BCUT2D eigenvalue weighted by Gasteiger charge is -2.26. The Kier molecular flexibility index (Phi) is 6.47. The van der Waals surface area contributed by atoms with Crippen LogP contribution >= 0.6 is 0 Å². The van der Waals surface area contributed by atoms with Crippen LogP contribution in [-0.4, -0.2) is 23.8 Å². The quantitative estimate of drug-likeness (QED) is 0.518. The van der Waals surface area contributed by atoms with E-state index in [1.165, 1.54) is 12.8 Å². The van der Waals surface area contributed by atoms with Crippen LogP contribution in [0.2, 0.25) is 0 Å². The number of hydrogen-bond donors (Lipinski definition) is 2. The minimum atomic E-state index is -0.0429. The van der Waals surface area contributed by atoms with Gasteiger partial charge in [0, 0.05) is 12.5 Å². The zero-order chi connectivity index (χ0) is 10.9. The Hall–Kier alpha value is -0.520. The maximum atomic E-state index is 9.35. The van der Waals surface area contributed by atoms with Crippen molar-refractivity contribution in [2.45, 2.75) is 63.5 Å². The smallest absolute Gasteiger partial charge is 0.0541 e. The molecule has 0 spiro atoms. The van der Waals surface area contributed by atoms with Crippen molar-refractivity contribution in [2.24, 2.45) is 0 Å². The lowest BCUT2D eigenvalue weighted by molar-refractivity contribution is 0.117. The standard InChI is InChI=1S/C13H23NO/c1-2-3-4-5-6-11-14-12-7-9-13(15)10-8-12/h1,12-15H,3-11H2/t12-,13-. The van der Waals surface area contributed by atoms with Gasteiger partial charge >= 0.3 is 0 Å². The molecule has 0 heterocycles. The molecule has 15 heavy (non-hydrogen) atoms. The molecule has 0 atom stereocenters. The zero-order valence-corrected chi connectivity index (χ0v) is 9.54. The molecule has 1 saturated carbocycles. The summed E-state index contributed by atoms with van der Waals surface area (Å²) < 4.78 is 0. The molecule has 86 valence electrons. The highest BCUT2D eigenvalue weighted by molar-refractivity contribution is 4.83. The fourth-order valence-corrected chi connectivity index (χ4v) is 2.11. The predicted octanol–water partition coefficient (Wildman–Crippen LogP) is 2.07. The van der Waals surface area contributed by atoms with Crippen molar-refractivity contribution in [2.75, 3.05) is 6.54 Å². The number of rotatable bonds is 6. The summed E-state index contributed by atoms with van der Waals surface area (Å²) >= 11 is 0. The third kappa shape index (κ3) is 5.81. The second kappa shape index (κ2) is 7.73. The molecular formula is C13H23NO. The molecule has 0 aromatic carbocycles. The number of nitrogens with one attached hydrogen (secondary N) is 1. The van der Waals surface area contributed by atoms with Gasteiger partial charge in [-0.15, -0.1) is 12.3 Å². The first-order valence-electron chi connectivity index (χ1n) is 6.18. The van der Waals surface area contributed by atoms with E-state index in [2.05, 4.69) is 11.2 Å². The first-order chi connectivity index (χ1) is 7.33. The first kappa shape index (κ1) is 12.5. The zero-order valence-electron chi connectivity index (χ0n) is 9.54. The normalized spacial score (nSPS) is 26.1. The molecule has 0 aliphatic heterocycles. The summed E-state index contributed by atoms with van der Waals surface area (Å²) in [7, 11) is 0. The van der Waals surface area contributed by atoms with Crippen molar-refractivity contribution in [3.8, 4) is 12.3 Å². The Morgan fingerprint density at radius 3 is 2.53 bits per heavy atom. The van der Waals surface area contributed by atoms with E-state index in [0.717, 1.165) is 45.1 Å². The summed E-state index contributed by atoms with van der Waals surface area (Å²) in [4.78, 5) is 0. The molecule has 1 aliphatic carbocycles. The average molecular weight is 209 g/mol. The molecule has 0 radical (unpaired) electrons. The van der Waals surface area contributed by atoms with Gasteiger partial charge in [-0.25, -0.2) is 0 Å². The van der Waals surface area contributed by atoms with Crippen LogP contribution in [0.3, 0.4) is 0 Å². The fraction of sp³-hybridized carbons (Fsp3) is 0.846. The average Bonchev–Trinajstić information content (AvgIpc) is 2.26.